The van der Waals surface area contributed by atoms with Crippen LogP contribution >= 0.6 is 11.8 Å². The quantitative estimate of drug-likeness (QED) is 0.720. The number of carbonyl (C=O) groups is 1. The van der Waals surface area contributed by atoms with Crippen molar-refractivity contribution in [2.75, 3.05) is 32.4 Å². The third-order valence-corrected chi connectivity index (χ3v) is 5.60. The highest BCUT2D eigenvalue weighted by Gasteiger charge is 2.24. The lowest BCUT2D eigenvalue weighted by Gasteiger charge is -2.34. The van der Waals surface area contributed by atoms with E-state index in [0.29, 0.717) is 0 Å². The predicted octanol–water partition coefficient (Wildman–Crippen LogP) is 3.24. The maximum Gasteiger partial charge on any atom is 0.255 e. The summed E-state index contributed by atoms with van der Waals surface area (Å²) in [5, 5.41) is 0. The number of carbonyl (C=O) groups excluding carboxylic acids is 1. The zero-order valence-corrected chi connectivity index (χ0v) is 15.6. The third kappa shape index (κ3) is 3.48. The molecule has 3 aromatic rings. The minimum Gasteiger partial charge on any atom is -0.341 e. The molecule has 2 heterocycles. The van der Waals surface area contributed by atoms with E-state index < -0.39 is 0 Å². The summed E-state index contributed by atoms with van der Waals surface area (Å²) in [6.45, 7) is 4.02. The zero-order valence-electron chi connectivity index (χ0n) is 14.8. The van der Waals surface area contributed by atoms with Gasteiger partial charge in [0, 0.05) is 31.1 Å². The Morgan fingerprint density at radius 1 is 1.08 bits per heavy atom. The van der Waals surface area contributed by atoms with Gasteiger partial charge in [-0.05, 0) is 30.5 Å². The van der Waals surface area contributed by atoms with Crippen LogP contribution in [-0.2, 0) is 6.54 Å². The highest BCUT2D eigenvalue weighted by Crippen LogP contribution is 2.22. The average Bonchev–Trinajstić information content (AvgIpc) is 3.10. The number of benzene rings is 2. The van der Waals surface area contributed by atoms with Gasteiger partial charge in [0.25, 0.3) is 5.91 Å². The monoisotopic (exact) mass is 366 g/mol. The van der Waals surface area contributed by atoms with Gasteiger partial charge in [-0.15, -0.1) is 11.8 Å². The number of thioether (sulfide) groups is 1. The van der Waals surface area contributed by atoms with Crippen LogP contribution in [0.2, 0.25) is 0 Å². The Hall–Kier alpha value is -2.31. The van der Waals surface area contributed by atoms with Crippen LogP contribution in [0.25, 0.3) is 11.0 Å². The van der Waals surface area contributed by atoms with Gasteiger partial charge in [0.05, 0.1) is 23.1 Å². The lowest BCUT2D eigenvalue weighted by atomic mass is 10.2. The first-order chi connectivity index (χ1) is 12.7. The number of piperazine rings is 1. The summed E-state index contributed by atoms with van der Waals surface area (Å²) < 4.78 is 0. The molecule has 0 bridgehead atoms. The van der Waals surface area contributed by atoms with E-state index in [1.807, 2.05) is 59.7 Å². The van der Waals surface area contributed by atoms with Crippen LogP contribution in [0.1, 0.15) is 16.2 Å². The molecule has 134 valence electrons. The summed E-state index contributed by atoms with van der Waals surface area (Å²) in [5.74, 6) is 1.12. The molecule has 1 N–H and O–H groups in total. The number of para-hydroxylation sites is 2. The van der Waals surface area contributed by atoms with E-state index >= 15 is 0 Å². The predicted molar refractivity (Wildman–Crippen MR) is 105 cm³/mol. The molecule has 1 aliphatic rings. The van der Waals surface area contributed by atoms with Crippen LogP contribution in [0, 0.1) is 0 Å². The Morgan fingerprint density at radius 2 is 1.81 bits per heavy atom. The fourth-order valence-electron chi connectivity index (χ4n) is 3.39. The van der Waals surface area contributed by atoms with Gasteiger partial charge < -0.3 is 9.88 Å². The Balaban J connectivity index is 1.38. The molecule has 0 aliphatic carbocycles. The normalized spacial score (nSPS) is 15.5. The maximum atomic E-state index is 12.8. The number of imidazole rings is 1. The number of aromatic nitrogens is 2. The van der Waals surface area contributed by atoms with Crippen molar-refractivity contribution in [2.24, 2.45) is 0 Å². The van der Waals surface area contributed by atoms with E-state index in [9.17, 15) is 4.79 Å². The maximum absolute atomic E-state index is 12.8. The Kier molecular flexibility index (Phi) is 4.95. The minimum atomic E-state index is 0.137. The number of nitrogens with one attached hydrogen (secondary N) is 1. The fourth-order valence-corrected chi connectivity index (χ4v) is 3.98. The summed E-state index contributed by atoms with van der Waals surface area (Å²) in [7, 11) is 0. The zero-order chi connectivity index (χ0) is 17.9. The summed E-state index contributed by atoms with van der Waals surface area (Å²) in [4.78, 5) is 26.2. The van der Waals surface area contributed by atoms with E-state index in [2.05, 4.69) is 14.9 Å². The van der Waals surface area contributed by atoms with Crippen molar-refractivity contribution in [3.8, 4) is 0 Å². The second-order valence-electron chi connectivity index (χ2n) is 6.47. The second kappa shape index (κ2) is 7.51. The Bertz CT molecular complexity index is 882. The van der Waals surface area contributed by atoms with Crippen LogP contribution in [0.15, 0.2) is 53.4 Å². The van der Waals surface area contributed by atoms with Crippen molar-refractivity contribution in [3.63, 3.8) is 0 Å². The second-order valence-corrected chi connectivity index (χ2v) is 7.32. The van der Waals surface area contributed by atoms with Crippen molar-refractivity contribution in [1.82, 2.24) is 19.8 Å². The van der Waals surface area contributed by atoms with Crippen LogP contribution < -0.4 is 0 Å². The molecular formula is C20H22N4OS. The number of amides is 1. The van der Waals surface area contributed by atoms with Gasteiger partial charge in [-0.2, -0.15) is 0 Å². The summed E-state index contributed by atoms with van der Waals surface area (Å²) in [6, 6.07) is 15.9. The average molecular weight is 366 g/mol. The molecule has 4 rings (SSSR count). The van der Waals surface area contributed by atoms with Crippen molar-refractivity contribution >= 4 is 28.7 Å². The number of hydrogen-bond acceptors (Lipinski definition) is 4. The first-order valence-electron chi connectivity index (χ1n) is 8.83. The van der Waals surface area contributed by atoms with E-state index in [4.69, 9.17) is 0 Å². The lowest BCUT2D eigenvalue weighted by molar-refractivity contribution is 0.0622. The third-order valence-electron chi connectivity index (χ3n) is 4.81. The molecule has 1 fully saturated rings. The minimum absolute atomic E-state index is 0.137. The van der Waals surface area contributed by atoms with E-state index in [1.54, 1.807) is 11.8 Å². The van der Waals surface area contributed by atoms with Gasteiger partial charge >= 0.3 is 0 Å². The number of rotatable bonds is 4. The Morgan fingerprint density at radius 3 is 2.58 bits per heavy atom. The molecule has 1 aliphatic heterocycles. The number of fused-ring (bicyclic) bond motifs is 1. The molecule has 5 nitrogen and oxygen atoms in total. The number of hydrogen-bond donors (Lipinski definition) is 1. The molecule has 2 aromatic carbocycles. The van der Waals surface area contributed by atoms with Crippen molar-refractivity contribution in [3.05, 3.63) is 59.9 Å². The van der Waals surface area contributed by atoms with Crippen LogP contribution in [0.5, 0.6) is 0 Å². The smallest absolute Gasteiger partial charge is 0.255 e. The number of nitrogens with zero attached hydrogens (tertiary/aromatic N) is 3. The number of aromatic amines is 1. The molecule has 1 saturated heterocycles. The standard InChI is InChI=1S/C20H22N4OS/c1-26-18-9-5-2-6-15(18)20(25)24-12-10-23(11-13-24)14-19-21-16-7-3-4-8-17(16)22-19/h2-9H,10-14H2,1H3,(H,21,22). The van der Waals surface area contributed by atoms with Crippen LogP contribution in [-0.4, -0.2) is 58.1 Å². The molecule has 1 amide bonds. The molecule has 0 unspecified atom stereocenters. The largest absolute Gasteiger partial charge is 0.341 e. The summed E-state index contributed by atoms with van der Waals surface area (Å²) in [6.07, 6.45) is 2.01. The van der Waals surface area contributed by atoms with Crippen LogP contribution in [0.3, 0.4) is 0 Å². The molecule has 1 aromatic heterocycles. The highest BCUT2D eigenvalue weighted by atomic mass is 32.2. The molecule has 6 heteroatoms. The molecule has 0 radical (unpaired) electrons. The van der Waals surface area contributed by atoms with E-state index in [0.717, 1.165) is 60.0 Å². The Labute approximate surface area is 157 Å². The summed E-state index contributed by atoms with van der Waals surface area (Å²) in [5.41, 5.74) is 2.89. The molecule has 0 atom stereocenters. The van der Waals surface area contributed by atoms with E-state index in [-0.39, 0.29) is 5.91 Å². The van der Waals surface area contributed by atoms with Gasteiger partial charge in [0.1, 0.15) is 5.82 Å². The van der Waals surface area contributed by atoms with Crippen molar-refractivity contribution in [1.29, 1.82) is 0 Å². The topological polar surface area (TPSA) is 52.2 Å². The van der Waals surface area contributed by atoms with Gasteiger partial charge in [-0.1, -0.05) is 24.3 Å². The van der Waals surface area contributed by atoms with E-state index in [1.165, 1.54) is 0 Å². The number of H-pyrrole nitrogens is 1. The first-order valence-corrected chi connectivity index (χ1v) is 10.1. The van der Waals surface area contributed by atoms with Gasteiger partial charge in [-0.3, -0.25) is 9.69 Å². The van der Waals surface area contributed by atoms with Gasteiger partial charge in [0.15, 0.2) is 0 Å². The van der Waals surface area contributed by atoms with Crippen molar-refractivity contribution < 1.29 is 4.79 Å². The van der Waals surface area contributed by atoms with Crippen LogP contribution in [0.4, 0.5) is 0 Å². The molecule has 26 heavy (non-hydrogen) atoms. The SMILES string of the molecule is CSc1ccccc1C(=O)N1CCN(Cc2nc3ccccc3[nH]2)CC1. The highest BCUT2D eigenvalue weighted by molar-refractivity contribution is 7.98. The molecule has 0 saturated carbocycles. The molecule has 0 spiro atoms. The van der Waals surface area contributed by atoms with Gasteiger partial charge in [0.2, 0.25) is 0 Å². The van der Waals surface area contributed by atoms with Crippen molar-refractivity contribution in [2.45, 2.75) is 11.4 Å². The first kappa shape index (κ1) is 17.1. The lowest BCUT2D eigenvalue weighted by Crippen LogP contribution is -2.48. The fraction of sp³-hybridized carbons (Fsp3) is 0.300. The summed E-state index contributed by atoms with van der Waals surface area (Å²) >= 11 is 1.62. The van der Waals surface area contributed by atoms with Gasteiger partial charge in [-0.25, -0.2) is 4.98 Å². The molecular weight excluding hydrogens is 344 g/mol.